The highest BCUT2D eigenvalue weighted by Crippen LogP contribution is 2.57. The molecule has 1 aliphatic carbocycles. The van der Waals surface area contributed by atoms with Crippen LogP contribution < -0.4 is 0 Å². The van der Waals surface area contributed by atoms with E-state index in [-0.39, 0.29) is 5.92 Å². The minimum atomic E-state index is -0.493. The van der Waals surface area contributed by atoms with Gasteiger partial charge in [0.05, 0.1) is 5.41 Å². The van der Waals surface area contributed by atoms with Crippen molar-refractivity contribution in [2.24, 2.45) is 0 Å². The average molecular weight is 869 g/mol. The predicted molar refractivity (Wildman–Crippen MR) is 284 cm³/mol. The van der Waals surface area contributed by atoms with Gasteiger partial charge in [0, 0.05) is 26.1 Å². The first kappa shape index (κ1) is 39.3. The third-order valence-electron chi connectivity index (χ3n) is 14.3. The second-order valence-electron chi connectivity index (χ2n) is 17.9. The zero-order valence-electron chi connectivity index (χ0n) is 36.8. The third kappa shape index (κ3) is 6.42. The Morgan fingerprint density at radius 1 is 0.299 bits per heavy atom. The molecular formula is C66H44S. The van der Waals surface area contributed by atoms with Crippen molar-refractivity contribution in [3.8, 4) is 44.5 Å². The summed E-state index contributed by atoms with van der Waals surface area (Å²) in [5, 5.41) is 5.16. The van der Waals surface area contributed by atoms with Gasteiger partial charge in [0.25, 0.3) is 0 Å². The minimum Gasteiger partial charge on any atom is -0.135 e. The molecule has 1 aliphatic rings. The van der Waals surface area contributed by atoms with Crippen LogP contribution >= 0.6 is 11.3 Å². The standard InChI is InChI=1S/C66H44S/c1-3-23-52(24-4-1)66(53-25-5-2-6-26-53)61-33-11-9-28-57(61)58-40-39-51(43-62(58)66)64(46-37-35-45(36-38-46)55-30-15-18-44-17-7-8-27-54(44)55)50-22-14-20-48(42-50)47-19-13-21-49(41-47)56-31-16-32-60-59-29-10-12-34-63(59)67-65(56)60/h1-43,64H. The maximum absolute atomic E-state index is 2.54. The van der Waals surface area contributed by atoms with E-state index in [2.05, 4.69) is 261 Å². The monoisotopic (exact) mass is 868 g/mol. The smallest absolute Gasteiger partial charge is 0.0713 e. The number of hydrogen-bond acceptors (Lipinski definition) is 1. The van der Waals surface area contributed by atoms with Crippen LogP contribution in [0.15, 0.2) is 261 Å². The Balaban J connectivity index is 0.988. The molecule has 1 atom stereocenters. The van der Waals surface area contributed by atoms with E-state index < -0.39 is 5.41 Å². The van der Waals surface area contributed by atoms with E-state index in [9.17, 15) is 0 Å². The number of benzene rings is 11. The van der Waals surface area contributed by atoms with E-state index in [0.717, 1.165) is 0 Å². The molecule has 0 spiro atoms. The molecule has 0 bridgehead atoms. The summed E-state index contributed by atoms with van der Waals surface area (Å²) in [6, 6.07) is 97.3. The van der Waals surface area contributed by atoms with Gasteiger partial charge in [-0.05, 0) is 106 Å². The second-order valence-corrected chi connectivity index (χ2v) is 19.0. The Morgan fingerprint density at radius 3 is 1.67 bits per heavy atom. The minimum absolute atomic E-state index is 0.0461. The molecule has 0 saturated carbocycles. The van der Waals surface area contributed by atoms with Crippen LogP contribution in [0.4, 0.5) is 0 Å². The number of rotatable bonds is 8. The van der Waals surface area contributed by atoms with Gasteiger partial charge in [-0.3, -0.25) is 0 Å². The van der Waals surface area contributed by atoms with Gasteiger partial charge in [0.1, 0.15) is 0 Å². The molecule has 1 heteroatoms. The highest BCUT2D eigenvalue weighted by atomic mass is 32.1. The van der Waals surface area contributed by atoms with Crippen molar-refractivity contribution in [2.75, 3.05) is 0 Å². The van der Waals surface area contributed by atoms with Crippen LogP contribution in [0.3, 0.4) is 0 Å². The fourth-order valence-corrected chi connectivity index (χ4v) is 12.5. The first-order chi connectivity index (χ1) is 33.2. The number of fused-ring (bicyclic) bond motifs is 7. The summed E-state index contributed by atoms with van der Waals surface area (Å²) in [6.07, 6.45) is 0. The van der Waals surface area contributed by atoms with Gasteiger partial charge in [-0.2, -0.15) is 0 Å². The molecule has 314 valence electrons. The van der Waals surface area contributed by atoms with E-state index in [0.29, 0.717) is 0 Å². The van der Waals surface area contributed by atoms with E-state index in [1.165, 1.54) is 114 Å². The van der Waals surface area contributed by atoms with Crippen molar-refractivity contribution in [1.82, 2.24) is 0 Å². The van der Waals surface area contributed by atoms with E-state index in [4.69, 9.17) is 0 Å². The summed E-state index contributed by atoms with van der Waals surface area (Å²) in [7, 11) is 0. The highest BCUT2D eigenvalue weighted by molar-refractivity contribution is 7.26. The second kappa shape index (κ2) is 16.1. The molecular weight excluding hydrogens is 825 g/mol. The van der Waals surface area contributed by atoms with Crippen molar-refractivity contribution < 1.29 is 0 Å². The molecule has 1 unspecified atom stereocenters. The van der Waals surface area contributed by atoms with Crippen molar-refractivity contribution in [3.05, 3.63) is 300 Å². The van der Waals surface area contributed by atoms with Gasteiger partial charge in [0.2, 0.25) is 0 Å². The van der Waals surface area contributed by atoms with Gasteiger partial charge in [-0.1, -0.05) is 249 Å². The van der Waals surface area contributed by atoms with Gasteiger partial charge in [-0.15, -0.1) is 11.3 Å². The molecule has 0 saturated heterocycles. The lowest BCUT2D eigenvalue weighted by molar-refractivity contribution is 0.765. The van der Waals surface area contributed by atoms with E-state index in [1.54, 1.807) is 0 Å². The Morgan fingerprint density at radius 2 is 0.851 bits per heavy atom. The lowest BCUT2D eigenvalue weighted by Crippen LogP contribution is -2.28. The van der Waals surface area contributed by atoms with Crippen LogP contribution in [0.25, 0.3) is 75.5 Å². The van der Waals surface area contributed by atoms with Crippen LogP contribution in [-0.2, 0) is 5.41 Å². The van der Waals surface area contributed by atoms with Crippen LogP contribution in [0.1, 0.15) is 44.9 Å². The molecule has 0 radical (unpaired) electrons. The van der Waals surface area contributed by atoms with E-state index >= 15 is 0 Å². The fraction of sp³-hybridized carbons (Fsp3) is 0.0303. The predicted octanol–water partition coefficient (Wildman–Crippen LogP) is 17.8. The third-order valence-corrected chi connectivity index (χ3v) is 15.5. The zero-order valence-corrected chi connectivity index (χ0v) is 37.6. The molecule has 0 N–H and O–H groups in total. The van der Waals surface area contributed by atoms with Crippen LogP contribution in [0, 0.1) is 0 Å². The highest BCUT2D eigenvalue weighted by Gasteiger charge is 2.46. The molecule has 1 heterocycles. The van der Waals surface area contributed by atoms with Crippen molar-refractivity contribution in [2.45, 2.75) is 11.3 Å². The Bertz CT molecular complexity index is 3760. The largest absolute Gasteiger partial charge is 0.135 e. The summed E-state index contributed by atoms with van der Waals surface area (Å²) >= 11 is 1.89. The van der Waals surface area contributed by atoms with Crippen molar-refractivity contribution >= 4 is 42.3 Å². The molecule has 0 aliphatic heterocycles. The van der Waals surface area contributed by atoms with Crippen molar-refractivity contribution in [1.29, 1.82) is 0 Å². The summed E-state index contributed by atoms with van der Waals surface area (Å²) in [5.41, 5.74) is 18.4. The molecule has 12 aromatic rings. The summed E-state index contributed by atoms with van der Waals surface area (Å²) in [5.74, 6) is -0.0461. The normalized spacial score (nSPS) is 13.1. The molecule has 0 amide bonds. The van der Waals surface area contributed by atoms with Gasteiger partial charge >= 0.3 is 0 Å². The van der Waals surface area contributed by atoms with E-state index in [1.807, 2.05) is 11.3 Å². The average Bonchev–Trinajstić information content (AvgIpc) is 3.93. The van der Waals surface area contributed by atoms with Crippen molar-refractivity contribution in [3.63, 3.8) is 0 Å². The van der Waals surface area contributed by atoms with Crippen LogP contribution in [0.5, 0.6) is 0 Å². The maximum Gasteiger partial charge on any atom is 0.0713 e. The Kier molecular flexibility index (Phi) is 9.44. The number of thiophene rings is 1. The molecule has 67 heavy (non-hydrogen) atoms. The van der Waals surface area contributed by atoms with Crippen LogP contribution in [0.2, 0.25) is 0 Å². The lowest BCUT2D eigenvalue weighted by atomic mass is 9.67. The van der Waals surface area contributed by atoms with Gasteiger partial charge in [0.15, 0.2) is 0 Å². The van der Waals surface area contributed by atoms with Gasteiger partial charge < -0.3 is 0 Å². The Hall–Kier alpha value is -8.10. The SMILES string of the molecule is c1ccc(C2(c3ccccc3)c3ccccc3-c3ccc(C(c4ccc(-c5cccc6ccccc56)cc4)c4cccc(-c5cccc(-c6cccc7c6sc6ccccc67)c5)c4)cc32)cc1. The quantitative estimate of drug-likeness (QED) is 0.134. The topological polar surface area (TPSA) is 0 Å². The summed E-state index contributed by atoms with van der Waals surface area (Å²) in [4.78, 5) is 0. The summed E-state index contributed by atoms with van der Waals surface area (Å²) in [6.45, 7) is 0. The maximum atomic E-state index is 2.54. The lowest BCUT2D eigenvalue weighted by Gasteiger charge is -2.34. The first-order valence-electron chi connectivity index (χ1n) is 23.3. The van der Waals surface area contributed by atoms with Crippen LogP contribution in [-0.4, -0.2) is 0 Å². The van der Waals surface area contributed by atoms with Gasteiger partial charge in [-0.25, -0.2) is 0 Å². The summed E-state index contributed by atoms with van der Waals surface area (Å²) < 4.78 is 2.66. The Labute approximate surface area is 395 Å². The zero-order chi connectivity index (χ0) is 44.3. The molecule has 0 nitrogen and oxygen atoms in total. The molecule has 11 aromatic carbocycles. The number of hydrogen-bond donors (Lipinski definition) is 0. The molecule has 1 aromatic heterocycles. The molecule has 0 fully saturated rings. The fourth-order valence-electron chi connectivity index (χ4n) is 11.3. The first-order valence-corrected chi connectivity index (χ1v) is 24.1. The molecule has 13 rings (SSSR count).